The summed E-state index contributed by atoms with van der Waals surface area (Å²) in [5, 5.41) is 5.71. The topological polar surface area (TPSA) is 75.3 Å². The number of carbonyl (C=O) groups is 1. The average Bonchev–Trinajstić information content (AvgIpc) is 2.09. The quantitative estimate of drug-likeness (QED) is 0.559. The number of hydrogen-bond donors (Lipinski definition) is 2. The van der Waals surface area contributed by atoms with E-state index in [0.29, 0.717) is 32.5 Å². The molecule has 0 aromatic heterocycles. The first-order valence-corrected chi connectivity index (χ1v) is 7.17. The lowest BCUT2D eigenvalue weighted by Crippen LogP contribution is -2.28. The predicted molar refractivity (Wildman–Crippen MR) is 60.5 cm³/mol. The summed E-state index contributed by atoms with van der Waals surface area (Å²) in [6.07, 6.45) is 2.25. The van der Waals surface area contributed by atoms with Gasteiger partial charge < -0.3 is 10.6 Å². The molecule has 15 heavy (non-hydrogen) atoms. The molecule has 0 heterocycles. The molecule has 0 saturated carbocycles. The molecule has 0 spiro atoms. The SMILES string of the molecule is CCNC(=O)CCNCCCS(C)(=O)=O. The Bertz CT molecular complexity index is 275. The molecule has 0 fully saturated rings. The Hall–Kier alpha value is -0.620. The van der Waals surface area contributed by atoms with Crippen molar-refractivity contribution in [1.82, 2.24) is 10.6 Å². The maximum atomic E-state index is 11.0. The molecule has 0 aliphatic carbocycles. The Balaban J connectivity index is 3.29. The first-order chi connectivity index (χ1) is 6.95. The lowest BCUT2D eigenvalue weighted by molar-refractivity contribution is -0.120. The van der Waals surface area contributed by atoms with Crippen LogP contribution in [0.25, 0.3) is 0 Å². The minimum Gasteiger partial charge on any atom is -0.356 e. The van der Waals surface area contributed by atoms with Crippen molar-refractivity contribution in [3.8, 4) is 0 Å². The van der Waals surface area contributed by atoms with E-state index in [-0.39, 0.29) is 11.7 Å². The smallest absolute Gasteiger partial charge is 0.221 e. The van der Waals surface area contributed by atoms with E-state index in [2.05, 4.69) is 10.6 Å². The monoisotopic (exact) mass is 236 g/mol. The molecule has 0 radical (unpaired) electrons. The van der Waals surface area contributed by atoms with Crippen molar-refractivity contribution in [1.29, 1.82) is 0 Å². The number of carbonyl (C=O) groups excluding carboxylic acids is 1. The number of rotatable bonds is 8. The zero-order chi connectivity index (χ0) is 11.7. The fraction of sp³-hybridized carbons (Fsp3) is 0.889. The van der Waals surface area contributed by atoms with Gasteiger partial charge in [-0.1, -0.05) is 0 Å². The summed E-state index contributed by atoms with van der Waals surface area (Å²) in [4.78, 5) is 11.0. The van der Waals surface area contributed by atoms with Crippen molar-refractivity contribution in [2.75, 3.05) is 31.6 Å². The van der Waals surface area contributed by atoms with Crippen LogP contribution in [0.2, 0.25) is 0 Å². The molecule has 0 atom stereocenters. The maximum absolute atomic E-state index is 11.0. The summed E-state index contributed by atoms with van der Waals surface area (Å²) in [5.41, 5.74) is 0. The van der Waals surface area contributed by atoms with Gasteiger partial charge in [0.1, 0.15) is 9.84 Å². The van der Waals surface area contributed by atoms with Gasteiger partial charge in [-0.3, -0.25) is 4.79 Å². The van der Waals surface area contributed by atoms with Crippen LogP contribution in [0.15, 0.2) is 0 Å². The molecule has 5 nitrogen and oxygen atoms in total. The normalized spacial score (nSPS) is 11.3. The minimum absolute atomic E-state index is 0.0214. The predicted octanol–water partition coefficient (Wildman–Crippen LogP) is -0.463. The molecule has 2 N–H and O–H groups in total. The van der Waals surface area contributed by atoms with Crippen LogP contribution >= 0.6 is 0 Å². The van der Waals surface area contributed by atoms with Crippen LogP contribution in [0.5, 0.6) is 0 Å². The summed E-state index contributed by atoms with van der Waals surface area (Å²) < 4.78 is 21.5. The molecule has 0 aliphatic heterocycles. The van der Waals surface area contributed by atoms with Gasteiger partial charge in [-0.25, -0.2) is 8.42 Å². The Kier molecular flexibility index (Phi) is 7.33. The van der Waals surface area contributed by atoms with E-state index in [4.69, 9.17) is 0 Å². The summed E-state index contributed by atoms with van der Waals surface area (Å²) >= 11 is 0. The third kappa shape index (κ3) is 11.3. The van der Waals surface area contributed by atoms with Gasteiger partial charge in [0, 0.05) is 25.8 Å². The Morgan fingerprint density at radius 3 is 2.47 bits per heavy atom. The van der Waals surface area contributed by atoms with Gasteiger partial charge in [-0.05, 0) is 19.9 Å². The molecular formula is C9H20N2O3S. The largest absolute Gasteiger partial charge is 0.356 e. The molecule has 0 bridgehead atoms. The standard InChI is InChI=1S/C9H20N2O3S/c1-3-11-9(12)5-7-10-6-4-8-15(2,13)14/h10H,3-8H2,1-2H3,(H,11,12). The van der Waals surface area contributed by atoms with Gasteiger partial charge in [0.15, 0.2) is 0 Å². The first kappa shape index (κ1) is 14.4. The number of amides is 1. The van der Waals surface area contributed by atoms with E-state index < -0.39 is 9.84 Å². The Morgan fingerprint density at radius 1 is 1.27 bits per heavy atom. The third-order valence-electron chi connectivity index (χ3n) is 1.77. The van der Waals surface area contributed by atoms with Crippen molar-refractivity contribution in [2.45, 2.75) is 19.8 Å². The fourth-order valence-electron chi connectivity index (χ4n) is 1.07. The number of nitrogens with one attached hydrogen (secondary N) is 2. The summed E-state index contributed by atoms with van der Waals surface area (Å²) in [6, 6.07) is 0. The van der Waals surface area contributed by atoms with Gasteiger partial charge in [0.05, 0.1) is 5.75 Å². The zero-order valence-corrected chi connectivity index (χ0v) is 10.2. The lowest BCUT2D eigenvalue weighted by Gasteiger charge is -2.04. The van der Waals surface area contributed by atoms with Gasteiger partial charge in [0.2, 0.25) is 5.91 Å². The number of sulfone groups is 1. The van der Waals surface area contributed by atoms with Crippen LogP contribution in [0.3, 0.4) is 0 Å². The van der Waals surface area contributed by atoms with Gasteiger partial charge in [0.25, 0.3) is 0 Å². The second-order valence-corrected chi connectivity index (χ2v) is 5.70. The van der Waals surface area contributed by atoms with E-state index in [1.807, 2.05) is 6.92 Å². The van der Waals surface area contributed by atoms with Crippen LogP contribution in [0.1, 0.15) is 19.8 Å². The second-order valence-electron chi connectivity index (χ2n) is 3.44. The van der Waals surface area contributed by atoms with Crippen LogP contribution in [0, 0.1) is 0 Å². The maximum Gasteiger partial charge on any atom is 0.221 e. The van der Waals surface area contributed by atoms with Crippen molar-refractivity contribution < 1.29 is 13.2 Å². The van der Waals surface area contributed by atoms with Gasteiger partial charge >= 0.3 is 0 Å². The molecule has 6 heteroatoms. The van der Waals surface area contributed by atoms with Crippen LogP contribution in [-0.2, 0) is 14.6 Å². The van der Waals surface area contributed by atoms with E-state index >= 15 is 0 Å². The average molecular weight is 236 g/mol. The van der Waals surface area contributed by atoms with E-state index in [1.165, 1.54) is 6.26 Å². The van der Waals surface area contributed by atoms with E-state index in [1.54, 1.807) is 0 Å². The summed E-state index contributed by atoms with van der Waals surface area (Å²) in [7, 11) is -2.86. The van der Waals surface area contributed by atoms with Crippen LogP contribution < -0.4 is 10.6 Å². The molecule has 0 saturated heterocycles. The molecule has 0 aromatic rings. The van der Waals surface area contributed by atoms with Crippen LogP contribution in [-0.4, -0.2) is 46.0 Å². The highest BCUT2D eigenvalue weighted by Crippen LogP contribution is 1.87. The van der Waals surface area contributed by atoms with Crippen LogP contribution in [0.4, 0.5) is 0 Å². The molecule has 0 rings (SSSR count). The Labute approximate surface area is 91.5 Å². The van der Waals surface area contributed by atoms with Gasteiger partial charge in [-0.15, -0.1) is 0 Å². The zero-order valence-electron chi connectivity index (χ0n) is 9.38. The molecule has 0 unspecified atom stereocenters. The van der Waals surface area contributed by atoms with E-state index in [9.17, 15) is 13.2 Å². The first-order valence-electron chi connectivity index (χ1n) is 5.11. The lowest BCUT2D eigenvalue weighted by atomic mass is 10.4. The van der Waals surface area contributed by atoms with Crippen molar-refractivity contribution in [3.05, 3.63) is 0 Å². The van der Waals surface area contributed by atoms with Crippen molar-refractivity contribution in [3.63, 3.8) is 0 Å². The fourth-order valence-corrected chi connectivity index (χ4v) is 1.74. The highest BCUT2D eigenvalue weighted by atomic mass is 32.2. The summed E-state index contributed by atoms with van der Waals surface area (Å²) in [6.45, 7) is 3.74. The second kappa shape index (κ2) is 7.64. The Morgan fingerprint density at radius 2 is 1.93 bits per heavy atom. The molecule has 90 valence electrons. The minimum atomic E-state index is -2.86. The molecule has 1 amide bonds. The molecular weight excluding hydrogens is 216 g/mol. The van der Waals surface area contributed by atoms with Crippen molar-refractivity contribution >= 4 is 15.7 Å². The highest BCUT2D eigenvalue weighted by Gasteiger charge is 2.01. The van der Waals surface area contributed by atoms with Crippen molar-refractivity contribution in [2.24, 2.45) is 0 Å². The number of hydrogen-bond acceptors (Lipinski definition) is 4. The highest BCUT2D eigenvalue weighted by molar-refractivity contribution is 7.90. The van der Waals surface area contributed by atoms with Gasteiger partial charge in [-0.2, -0.15) is 0 Å². The molecule has 0 aliphatic rings. The van der Waals surface area contributed by atoms with E-state index in [0.717, 1.165) is 0 Å². The molecule has 0 aromatic carbocycles. The third-order valence-corrected chi connectivity index (χ3v) is 2.80. The summed E-state index contributed by atoms with van der Waals surface area (Å²) in [5.74, 6) is 0.217.